The maximum atomic E-state index is 12.0. The molecule has 3 aromatic rings. The summed E-state index contributed by atoms with van der Waals surface area (Å²) in [5.41, 5.74) is 3.57. The number of nitrogens with zero attached hydrogens (tertiary/aromatic N) is 6. The van der Waals surface area contributed by atoms with Crippen LogP contribution in [0.4, 0.5) is 23.1 Å². The predicted molar refractivity (Wildman–Crippen MR) is 122 cm³/mol. The van der Waals surface area contributed by atoms with Crippen molar-refractivity contribution in [3.05, 3.63) is 30.6 Å². The largest absolute Gasteiger partial charge is 0.378 e. The van der Waals surface area contributed by atoms with E-state index >= 15 is 0 Å². The van der Waals surface area contributed by atoms with E-state index in [1.54, 1.807) is 6.33 Å². The monoisotopic (exact) mass is 420 g/mol. The summed E-state index contributed by atoms with van der Waals surface area (Å²) in [6, 6.07) is 8.60. The first-order valence-corrected chi connectivity index (χ1v) is 10.9. The first-order valence-electron chi connectivity index (χ1n) is 10.9. The Hall–Kier alpha value is -3.36. The Morgan fingerprint density at radius 2 is 2.06 bits per heavy atom. The normalized spacial score (nSPS) is 16.2. The highest BCUT2D eigenvalue weighted by Crippen LogP contribution is 2.29. The molecular weight excluding hydrogens is 392 g/mol. The summed E-state index contributed by atoms with van der Waals surface area (Å²) in [7, 11) is 4.03. The number of anilines is 4. The van der Waals surface area contributed by atoms with Crippen LogP contribution in [0.3, 0.4) is 0 Å². The number of benzene rings is 1. The lowest BCUT2D eigenvalue weighted by atomic mass is 10.2. The molecule has 1 aliphatic carbocycles. The topological polar surface area (TPSA) is 91.2 Å². The van der Waals surface area contributed by atoms with E-state index in [4.69, 9.17) is 9.97 Å². The molecule has 1 amide bonds. The molecule has 31 heavy (non-hydrogen) atoms. The highest BCUT2D eigenvalue weighted by molar-refractivity contribution is 5.85. The molecular formula is C22H28N8O. The van der Waals surface area contributed by atoms with Crippen molar-refractivity contribution in [1.82, 2.24) is 24.4 Å². The number of hydrogen-bond donors (Lipinski definition) is 2. The Labute approximate surface area is 181 Å². The van der Waals surface area contributed by atoms with Gasteiger partial charge in [0.2, 0.25) is 11.9 Å². The number of aromatic nitrogens is 4. The van der Waals surface area contributed by atoms with Crippen molar-refractivity contribution in [2.75, 3.05) is 42.7 Å². The van der Waals surface area contributed by atoms with Gasteiger partial charge in [-0.05, 0) is 37.5 Å². The van der Waals surface area contributed by atoms with Gasteiger partial charge in [-0.1, -0.05) is 6.07 Å². The molecule has 2 N–H and O–H groups in total. The van der Waals surface area contributed by atoms with Gasteiger partial charge in [0.05, 0.1) is 6.33 Å². The Morgan fingerprint density at radius 1 is 1.19 bits per heavy atom. The molecule has 0 spiro atoms. The van der Waals surface area contributed by atoms with Gasteiger partial charge in [-0.25, -0.2) is 4.98 Å². The molecule has 9 heteroatoms. The second-order valence-corrected chi connectivity index (χ2v) is 8.48. The molecule has 5 rings (SSSR count). The highest BCUT2D eigenvalue weighted by atomic mass is 16.2. The molecule has 2 aromatic heterocycles. The molecule has 0 atom stereocenters. The van der Waals surface area contributed by atoms with Crippen LogP contribution in [0.5, 0.6) is 0 Å². The van der Waals surface area contributed by atoms with Gasteiger partial charge in [0, 0.05) is 57.6 Å². The zero-order chi connectivity index (χ0) is 21.4. The molecule has 0 unspecified atom stereocenters. The van der Waals surface area contributed by atoms with Crippen LogP contribution >= 0.6 is 0 Å². The van der Waals surface area contributed by atoms with Crippen molar-refractivity contribution in [3.63, 3.8) is 0 Å². The SMILES string of the molecule is CN(C)c1cccc(Nc2nc(NC3CC3)c3ncn(CCN4CCCC4=O)c3n2)c1. The Bertz CT molecular complexity index is 1100. The second-order valence-electron chi connectivity index (χ2n) is 8.48. The minimum atomic E-state index is 0.235. The average molecular weight is 421 g/mol. The lowest BCUT2D eigenvalue weighted by Gasteiger charge is -2.16. The lowest BCUT2D eigenvalue weighted by molar-refractivity contribution is -0.127. The third-order valence-corrected chi connectivity index (χ3v) is 5.78. The summed E-state index contributed by atoms with van der Waals surface area (Å²) in [5.74, 6) is 1.53. The molecule has 0 radical (unpaired) electrons. The molecule has 1 saturated heterocycles. The number of imidazole rings is 1. The molecule has 162 valence electrons. The van der Waals surface area contributed by atoms with Crippen LogP contribution in [0.15, 0.2) is 30.6 Å². The number of carbonyl (C=O) groups is 1. The zero-order valence-electron chi connectivity index (χ0n) is 18.0. The summed E-state index contributed by atoms with van der Waals surface area (Å²) < 4.78 is 2.02. The molecule has 1 aromatic carbocycles. The second kappa shape index (κ2) is 8.05. The zero-order valence-corrected chi connectivity index (χ0v) is 18.0. The lowest BCUT2D eigenvalue weighted by Crippen LogP contribution is -2.28. The number of fused-ring (bicyclic) bond motifs is 1. The van der Waals surface area contributed by atoms with E-state index in [0.29, 0.717) is 31.5 Å². The van der Waals surface area contributed by atoms with Crippen LogP contribution in [0.1, 0.15) is 25.7 Å². The number of carbonyl (C=O) groups excluding carboxylic acids is 1. The van der Waals surface area contributed by atoms with Crippen LogP contribution in [0.2, 0.25) is 0 Å². The molecule has 1 aliphatic heterocycles. The first-order chi connectivity index (χ1) is 15.1. The molecule has 3 heterocycles. The van der Waals surface area contributed by atoms with Crippen LogP contribution < -0.4 is 15.5 Å². The van der Waals surface area contributed by atoms with Crippen molar-refractivity contribution in [2.24, 2.45) is 0 Å². The van der Waals surface area contributed by atoms with Crippen LogP contribution in [0.25, 0.3) is 11.2 Å². The molecule has 2 fully saturated rings. The fourth-order valence-electron chi connectivity index (χ4n) is 3.85. The van der Waals surface area contributed by atoms with Gasteiger partial charge in [-0.2, -0.15) is 9.97 Å². The number of nitrogens with one attached hydrogen (secondary N) is 2. The quantitative estimate of drug-likeness (QED) is 0.579. The standard InChI is InChI=1S/C22H28N8O/c1-28(2)17-6-3-5-16(13-17)25-22-26-20(24-15-8-9-15)19-21(27-22)30(14-23-19)12-11-29-10-4-7-18(29)31/h3,5-6,13-15H,4,7-12H2,1-2H3,(H2,24,25,26,27). The van der Waals surface area contributed by atoms with E-state index < -0.39 is 0 Å². The summed E-state index contributed by atoms with van der Waals surface area (Å²) >= 11 is 0. The van der Waals surface area contributed by atoms with Crippen molar-refractivity contribution in [3.8, 4) is 0 Å². The fraction of sp³-hybridized carbons (Fsp3) is 0.455. The van der Waals surface area contributed by atoms with Crippen molar-refractivity contribution in [2.45, 2.75) is 38.3 Å². The first kappa shape index (κ1) is 19.6. The van der Waals surface area contributed by atoms with E-state index in [1.807, 2.05) is 35.7 Å². The van der Waals surface area contributed by atoms with Gasteiger partial charge in [0.15, 0.2) is 17.0 Å². The summed E-state index contributed by atoms with van der Waals surface area (Å²) in [6.07, 6.45) is 5.70. The highest BCUT2D eigenvalue weighted by Gasteiger charge is 2.25. The summed E-state index contributed by atoms with van der Waals surface area (Å²) in [5, 5.41) is 6.84. The third-order valence-electron chi connectivity index (χ3n) is 5.78. The Kier molecular flexibility index (Phi) is 5.09. The van der Waals surface area contributed by atoms with E-state index in [-0.39, 0.29) is 5.91 Å². The van der Waals surface area contributed by atoms with Gasteiger partial charge in [0.25, 0.3) is 0 Å². The third kappa shape index (κ3) is 4.26. The van der Waals surface area contributed by atoms with Gasteiger partial charge >= 0.3 is 0 Å². The smallest absolute Gasteiger partial charge is 0.231 e. The van der Waals surface area contributed by atoms with Gasteiger partial charge in [-0.15, -0.1) is 0 Å². The number of hydrogen-bond acceptors (Lipinski definition) is 7. The maximum absolute atomic E-state index is 12.0. The van der Waals surface area contributed by atoms with E-state index in [0.717, 1.165) is 54.2 Å². The average Bonchev–Trinajstić information content (AvgIpc) is 3.33. The fourth-order valence-corrected chi connectivity index (χ4v) is 3.85. The van der Waals surface area contributed by atoms with Crippen LogP contribution in [0, 0.1) is 0 Å². The molecule has 9 nitrogen and oxygen atoms in total. The number of amides is 1. The predicted octanol–water partition coefficient (Wildman–Crippen LogP) is 2.83. The van der Waals surface area contributed by atoms with Gasteiger partial charge in [0.1, 0.15) is 0 Å². The van der Waals surface area contributed by atoms with E-state index in [2.05, 4.69) is 32.7 Å². The van der Waals surface area contributed by atoms with E-state index in [9.17, 15) is 4.79 Å². The minimum Gasteiger partial charge on any atom is -0.378 e. The van der Waals surface area contributed by atoms with Gasteiger partial charge in [-0.3, -0.25) is 4.79 Å². The Balaban J connectivity index is 1.44. The Morgan fingerprint density at radius 3 is 2.81 bits per heavy atom. The summed E-state index contributed by atoms with van der Waals surface area (Å²) in [6.45, 7) is 2.18. The minimum absolute atomic E-state index is 0.235. The maximum Gasteiger partial charge on any atom is 0.231 e. The number of likely N-dealkylation sites (tertiary alicyclic amines) is 1. The van der Waals surface area contributed by atoms with E-state index in [1.165, 1.54) is 0 Å². The van der Waals surface area contributed by atoms with Crippen molar-refractivity contribution >= 4 is 40.2 Å². The molecule has 1 saturated carbocycles. The summed E-state index contributed by atoms with van der Waals surface area (Å²) in [4.78, 5) is 30.0. The van der Waals surface area contributed by atoms with Crippen LogP contribution in [-0.4, -0.2) is 63.6 Å². The van der Waals surface area contributed by atoms with Crippen molar-refractivity contribution < 1.29 is 4.79 Å². The van der Waals surface area contributed by atoms with Crippen LogP contribution in [-0.2, 0) is 11.3 Å². The van der Waals surface area contributed by atoms with Crippen molar-refractivity contribution in [1.29, 1.82) is 0 Å². The number of rotatable bonds is 8. The molecule has 2 aliphatic rings. The van der Waals surface area contributed by atoms with Gasteiger partial charge < -0.3 is 25.0 Å². The molecule has 0 bridgehead atoms.